The van der Waals surface area contributed by atoms with Crippen LogP contribution in [0.5, 0.6) is 5.75 Å². The highest BCUT2D eigenvalue weighted by atomic mass is 32.1. The maximum absolute atomic E-state index is 8.84. The van der Waals surface area contributed by atoms with Crippen molar-refractivity contribution in [3.63, 3.8) is 0 Å². The van der Waals surface area contributed by atoms with E-state index >= 15 is 0 Å². The van der Waals surface area contributed by atoms with Crippen molar-refractivity contribution >= 4 is 17.2 Å². The van der Waals surface area contributed by atoms with Crippen molar-refractivity contribution < 1.29 is 9.94 Å². The van der Waals surface area contributed by atoms with Gasteiger partial charge in [-0.1, -0.05) is 11.2 Å². The summed E-state index contributed by atoms with van der Waals surface area (Å²) in [5.41, 5.74) is 8.57. The van der Waals surface area contributed by atoms with Gasteiger partial charge in [-0.3, -0.25) is 0 Å². The molecule has 0 fully saturated rings. The molecule has 6 heteroatoms. The van der Waals surface area contributed by atoms with Crippen LogP contribution in [0.2, 0.25) is 0 Å². The van der Waals surface area contributed by atoms with E-state index in [4.69, 9.17) is 15.7 Å². The molecule has 0 aliphatic heterocycles. The summed E-state index contributed by atoms with van der Waals surface area (Å²) in [5, 5.41) is 19.5. The minimum atomic E-state index is 0.0413. The molecule has 0 amide bonds. The maximum Gasteiger partial charge on any atom is 0.173 e. The average Bonchev–Trinajstić information content (AvgIpc) is 3.06. The SMILES string of the molecule is COc1ccc(CNC(C)c2ccsc2)cc1C(N)=NO. The fourth-order valence-corrected chi connectivity index (χ4v) is 2.78. The quantitative estimate of drug-likeness (QED) is 0.332. The number of amidine groups is 1. The van der Waals surface area contributed by atoms with Crippen LogP contribution in [0.1, 0.15) is 29.7 Å². The van der Waals surface area contributed by atoms with Crippen LogP contribution in [0.25, 0.3) is 0 Å². The Labute approximate surface area is 128 Å². The molecule has 4 N–H and O–H groups in total. The minimum Gasteiger partial charge on any atom is -0.496 e. The lowest BCUT2D eigenvalue weighted by Gasteiger charge is -2.14. The van der Waals surface area contributed by atoms with E-state index in [-0.39, 0.29) is 11.9 Å². The molecule has 0 saturated carbocycles. The van der Waals surface area contributed by atoms with E-state index in [0.29, 0.717) is 17.9 Å². The molecule has 112 valence electrons. The Bertz CT molecular complexity index is 611. The number of ether oxygens (including phenoxy) is 1. The minimum absolute atomic E-state index is 0.0413. The lowest BCUT2D eigenvalue weighted by atomic mass is 10.1. The van der Waals surface area contributed by atoms with Crippen molar-refractivity contribution in [1.29, 1.82) is 0 Å². The first-order valence-corrected chi connectivity index (χ1v) is 7.50. The molecule has 0 aliphatic carbocycles. The van der Waals surface area contributed by atoms with Gasteiger partial charge in [-0.15, -0.1) is 0 Å². The zero-order valence-corrected chi connectivity index (χ0v) is 12.9. The van der Waals surface area contributed by atoms with Gasteiger partial charge in [-0.05, 0) is 47.0 Å². The van der Waals surface area contributed by atoms with Gasteiger partial charge >= 0.3 is 0 Å². The summed E-state index contributed by atoms with van der Waals surface area (Å²) in [6.07, 6.45) is 0. The molecule has 2 rings (SSSR count). The zero-order chi connectivity index (χ0) is 15.2. The monoisotopic (exact) mass is 305 g/mol. The third kappa shape index (κ3) is 3.74. The summed E-state index contributed by atoms with van der Waals surface area (Å²) in [5.74, 6) is 0.625. The molecule has 2 aromatic rings. The summed E-state index contributed by atoms with van der Waals surface area (Å²) in [4.78, 5) is 0. The fraction of sp³-hybridized carbons (Fsp3) is 0.267. The molecule has 0 bridgehead atoms. The van der Waals surface area contributed by atoms with E-state index < -0.39 is 0 Å². The molecule has 21 heavy (non-hydrogen) atoms. The smallest absolute Gasteiger partial charge is 0.173 e. The molecule has 0 aliphatic rings. The molecule has 0 spiro atoms. The number of hydrogen-bond acceptors (Lipinski definition) is 5. The van der Waals surface area contributed by atoms with Gasteiger partial charge in [0.15, 0.2) is 5.84 Å². The lowest BCUT2D eigenvalue weighted by Crippen LogP contribution is -2.19. The Balaban J connectivity index is 2.10. The zero-order valence-electron chi connectivity index (χ0n) is 12.0. The van der Waals surface area contributed by atoms with Crippen molar-refractivity contribution in [3.8, 4) is 5.75 Å². The van der Waals surface area contributed by atoms with Crippen molar-refractivity contribution in [3.05, 3.63) is 51.7 Å². The third-order valence-electron chi connectivity index (χ3n) is 3.30. The molecule has 0 saturated heterocycles. The highest BCUT2D eigenvalue weighted by molar-refractivity contribution is 7.07. The van der Waals surface area contributed by atoms with E-state index in [1.165, 1.54) is 5.56 Å². The number of methoxy groups -OCH3 is 1. The van der Waals surface area contributed by atoms with Gasteiger partial charge in [-0.25, -0.2) is 0 Å². The van der Waals surface area contributed by atoms with Gasteiger partial charge in [0.25, 0.3) is 0 Å². The van der Waals surface area contributed by atoms with Crippen molar-refractivity contribution in [1.82, 2.24) is 5.32 Å². The van der Waals surface area contributed by atoms with Crippen LogP contribution in [-0.2, 0) is 6.54 Å². The molecule has 1 heterocycles. The second kappa shape index (κ2) is 7.10. The topological polar surface area (TPSA) is 79.9 Å². The van der Waals surface area contributed by atoms with Gasteiger partial charge < -0.3 is 21.0 Å². The lowest BCUT2D eigenvalue weighted by molar-refractivity contribution is 0.318. The van der Waals surface area contributed by atoms with Crippen molar-refractivity contribution in [2.75, 3.05) is 7.11 Å². The highest BCUT2D eigenvalue weighted by Gasteiger charge is 2.10. The summed E-state index contributed by atoms with van der Waals surface area (Å²) in [6.45, 7) is 2.81. The average molecular weight is 305 g/mol. The number of benzene rings is 1. The predicted molar refractivity (Wildman–Crippen MR) is 85.1 cm³/mol. The first kappa shape index (κ1) is 15.3. The standard InChI is InChI=1S/C15H19N3O2S/c1-10(12-5-6-21-9-12)17-8-11-3-4-14(20-2)13(7-11)15(16)18-19/h3-7,9-10,17,19H,8H2,1-2H3,(H2,16,18). The second-order valence-corrected chi connectivity index (χ2v) is 5.46. The molecule has 0 radical (unpaired) electrons. The van der Waals surface area contributed by atoms with Crippen molar-refractivity contribution in [2.24, 2.45) is 10.9 Å². The number of hydrogen-bond donors (Lipinski definition) is 3. The van der Waals surface area contributed by atoms with Crippen LogP contribution in [0, 0.1) is 0 Å². The molecule has 5 nitrogen and oxygen atoms in total. The van der Waals surface area contributed by atoms with E-state index in [9.17, 15) is 0 Å². The number of thiophene rings is 1. The van der Waals surface area contributed by atoms with Crippen LogP contribution >= 0.6 is 11.3 Å². The third-order valence-corrected chi connectivity index (χ3v) is 4.00. The normalized spacial score (nSPS) is 13.1. The van der Waals surface area contributed by atoms with Crippen LogP contribution in [0.4, 0.5) is 0 Å². The molecular formula is C15H19N3O2S. The highest BCUT2D eigenvalue weighted by Crippen LogP contribution is 2.21. The summed E-state index contributed by atoms with van der Waals surface area (Å²) in [7, 11) is 1.56. The summed E-state index contributed by atoms with van der Waals surface area (Å²) in [6, 6.07) is 8.02. The van der Waals surface area contributed by atoms with Crippen molar-refractivity contribution in [2.45, 2.75) is 19.5 Å². The number of nitrogens with one attached hydrogen (secondary N) is 1. The molecular weight excluding hydrogens is 286 g/mol. The van der Waals surface area contributed by atoms with Gasteiger partial charge in [0, 0.05) is 12.6 Å². The largest absolute Gasteiger partial charge is 0.496 e. The maximum atomic E-state index is 8.84. The van der Waals surface area contributed by atoms with Gasteiger partial charge in [-0.2, -0.15) is 11.3 Å². The van der Waals surface area contributed by atoms with Crippen LogP contribution in [0.15, 0.2) is 40.2 Å². The fourth-order valence-electron chi connectivity index (χ4n) is 2.03. The first-order valence-electron chi connectivity index (χ1n) is 6.56. The Kier molecular flexibility index (Phi) is 5.19. The Morgan fingerprint density at radius 2 is 2.29 bits per heavy atom. The Morgan fingerprint density at radius 1 is 1.48 bits per heavy atom. The van der Waals surface area contributed by atoms with E-state index in [1.54, 1.807) is 18.4 Å². The number of oxime groups is 1. The Morgan fingerprint density at radius 3 is 2.90 bits per heavy atom. The van der Waals surface area contributed by atoms with Crippen LogP contribution in [-0.4, -0.2) is 18.2 Å². The number of nitrogens with zero attached hydrogens (tertiary/aromatic N) is 1. The molecule has 1 aromatic carbocycles. The summed E-state index contributed by atoms with van der Waals surface area (Å²) < 4.78 is 5.22. The number of rotatable bonds is 6. The van der Waals surface area contributed by atoms with Gasteiger partial charge in [0.1, 0.15) is 5.75 Å². The van der Waals surface area contributed by atoms with E-state index in [2.05, 4.69) is 34.2 Å². The van der Waals surface area contributed by atoms with Gasteiger partial charge in [0.2, 0.25) is 0 Å². The van der Waals surface area contributed by atoms with E-state index in [0.717, 1.165) is 5.56 Å². The second-order valence-electron chi connectivity index (χ2n) is 4.68. The van der Waals surface area contributed by atoms with Crippen LogP contribution < -0.4 is 15.8 Å². The van der Waals surface area contributed by atoms with Crippen LogP contribution in [0.3, 0.4) is 0 Å². The predicted octanol–water partition coefficient (Wildman–Crippen LogP) is 2.70. The Hall–Kier alpha value is -2.05. The summed E-state index contributed by atoms with van der Waals surface area (Å²) >= 11 is 1.69. The first-order chi connectivity index (χ1) is 10.2. The van der Waals surface area contributed by atoms with E-state index in [1.807, 2.05) is 18.2 Å². The molecule has 1 aromatic heterocycles. The molecule has 1 atom stereocenters. The number of nitrogens with two attached hydrogens (primary N) is 1. The van der Waals surface area contributed by atoms with Gasteiger partial charge in [0.05, 0.1) is 12.7 Å². The molecule has 1 unspecified atom stereocenters.